The van der Waals surface area contributed by atoms with E-state index in [4.69, 9.17) is 8.83 Å². The van der Waals surface area contributed by atoms with Crippen molar-refractivity contribution in [2.24, 2.45) is 0 Å². The summed E-state index contributed by atoms with van der Waals surface area (Å²) in [5.41, 5.74) is 1.58. The molecule has 0 spiro atoms. The third-order valence-electron chi connectivity index (χ3n) is 5.26. The number of hydrogen-bond acceptors (Lipinski definition) is 7. The fourth-order valence-electron chi connectivity index (χ4n) is 3.81. The number of hydrogen-bond donors (Lipinski definition) is 0. The van der Waals surface area contributed by atoms with Crippen molar-refractivity contribution in [1.29, 1.82) is 5.26 Å². The van der Waals surface area contributed by atoms with Crippen molar-refractivity contribution in [2.45, 2.75) is 19.3 Å². The average molecular weight is 394 g/mol. The van der Waals surface area contributed by atoms with E-state index in [0.717, 1.165) is 17.7 Å². The lowest BCUT2D eigenvalue weighted by Gasteiger charge is -2.34. The van der Waals surface area contributed by atoms with Crippen LogP contribution in [0.5, 0.6) is 0 Å². The van der Waals surface area contributed by atoms with E-state index in [9.17, 15) is 10.1 Å². The number of furan rings is 1. The Balaban J connectivity index is 1.29. The molecule has 0 radical (unpaired) electrons. The molecular weight excluding hydrogens is 376 g/mol. The number of aryl methyl sites for hydroxylation is 2. The molecule has 1 aliphatic carbocycles. The van der Waals surface area contributed by atoms with Crippen molar-refractivity contribution in [2.75, 3.05) is 31.1 Å². The number of amides is 1. The Hall–Kier alpha value is -3.05. The maximum absolute atomic E-state index is 12.8. The topological polar surface area (TPSA) is 86.5 Å². The van der Waals surface area contributed by atoms with E-state index < -0.39 is 0 Å². The molecule has 3 aromatic heterocycles. The maximum Gasteiger partial charge on any atom is 0.266 e. The van der Waals surface area contributed by atoms with Crippen molar-refractivity contribution in [3.63, 3.8) is 0 Å². The molecule has 7 nitrogen and oxygen atoms in total. The number of nitriles is 1. The van der Waals surface area contributed by atoms with Crippen molar-refractivity contribution in [1.82, 2.24) is 9.88 Å². The van der Waals surface area contributed by atoms with Gasteiger partial charge in [-0.2, -0.15) is 10.2 Å². The zero-order valence-corrected chi connectivity index (χ0v) is 16.0. The molecule has 0 N–H and O–H groups in total. The SMILES string of the molecule is N#Cc1nc(-c2ccco2)oc1N1CCN(C(=O)c2cc3c(s2)CCC3)CC1. The summed E-state index contributed by atoms with van der Waals surface area (Å²) in [5.74, 6) is 1.33. The first-order chi connectivity index (χ1) is 13.7. The molecule has 0 atom stereocenters. The summed E-state index contributed by atoms with van der Waals surface area (Å²) < 4.78 is 11.1. The van der Waals surface area contributed by atoms with E-state index in [1.807, 2.05) is 9.80 Å². The lowest BCUT2D eigenvalue weighted by Crippen LogP contribution is -2.48. The lowest BCUT2D eigenvalue weighted by molar-refractivity contribution is 0.0750. The molecule has 1 aliphatic heterocycles. The fourth-order valence-corrected chi connectivity index (χ4v) is 5.03. The number of anilines is 1. The van der Waals surface area contributed by atoms with Gasteiger partial charge in [0.15, 0.2) is 5.76 Å². The van der Waals surface area contributed by atoms with Gasteiger partial charge in [-0.1, -0.05) is 0 Å². The van der Waals surface area contributed by atoms with E-state index in [1.165, 1.54) is 23.1 Å². The van der Waals surface area contributed by atoms with E-state index >= 15 is 0 Å². The van der Waals surface area contributed by atoms with Gasteiger partial charge in [0.25, 0.3) is 11.8 Å². The maximum atomic E-state index is 12.8. The van der Waals surface area contributed by atoms with Crippen LogP contribution in [0.15, 0.2) is 33.3 Å². The summed E-state index contributed by atoms with van der Waals surface area (Å²) in [5, 5.41) is 9.41. The van der Waals surface area contributed by atoms with Crippen LogP contribution in [0.2, 0.25) is 0 Å². The van der Waals surface area contributed by atoms with Crippen molar-refractivity contribution in [3.8, 4) is 17.7 Å². The van der Waals surface area contributed by atoms with Crippen molar-refractivity contribution < 1.29 is 13.6 Å². The van der Waals surface area contributed by atoms with Gasteiger partial charge in [0.05, 0.1) is 11.1 Å². The van der Waals surface area contributed by atoms with Crippen molar-refractivity contribution in [3.05, 3.63) is 45.5 Å². The molecule has 1 fully saturated rings. The molecule has 2 aliphatic rings. The second-order valence-electron chi connectivity index (χ2n) is 6.95. The van der Waals surface area contributed by atoms with Crippen molar-refractivity contribution >= 4 is 23.1 Å². The highest BCUT2D eigenvalue weighted by Crippen LogP contribution is 2.32. The highest BCUT2D eigenvalue weighted by Gasteiger charge is 2.29. The molecule has 0 unspecified atom stereocenters. The van der Waals surface area contributed by atoms with E-state index in [1.54, 1.807) is 23.5 Å². The summed E-state index contributed by atoms with van der Waals surface area (Å²) in [6.45, 7) is 2.36. The van der Waals surface area contributed by atoms with E-state index in [-0.39, 0.29) is 11.6 Å². The molecule has 0 aromatic carbocycles. The zero-order chi connectivity index (χ0) is 19.1. The molecular formula is C20H18N4O3S. The molecule has 1 saturated heterocycles. The van der Waals surface area contributed by atoms with Gasteiger partial charge in [-0.25, -0.2) is 0 Å². The molecule has 0 saturated carbocycles. The zero-order valence-electron chi connectivity index (χ0n) is 15.2. The predicted octanol–water partition coefficient (Wildman–Crippen LogP) is 3.32. The number of carbonyl (C=O) groups excluding carboxylic acids is 1. The van der Waals surface area contributed by atoms with Gasteiger partial charge in [-0.3, -0.25) is 4.79 Å². The predicted molar refractivity (Wildman–Crippen MR) is 103 cm³/mol. The summed E-state index contributed by atoms with van der Waals surface area (Å²) in [6, 6.07) is 7.65. The number of oxazole rings is 1. The molecule has 4 heterocycles. The lowest BCUT2D eigenvalue weighted by atomic mass is 10.2. The number of piperazine rings is 1. The Morgan fingerprint density at radius 3 is 2.82 bits per heavy atom. The fraction of sp³-hybridized carbons (Fsp3) is 0.350. The van der Waals surface area contributed by atoms with E-state index in [2.05, 4.69) is 17.1 Å². The standard InChI is InChI=1S/C20H18N4O3S/c21-12-14-20(27-18(22-14)15-4-2-10-26-15)24-8-6-23(7-9-24)19(25)17-11-13-3-1-5-16(13)28-17/h2,4,10-11H,1,3,5-9H2. The van der Waals surface area contributed by atoms with Crippen LogP contribution in [0.25, 0.3) is 11.7 Å². The highest BCUT2D eigenvalue weighted by atomic mass is 32.1. The number of aromatic nitrogens is 1. The number of thiophene rings is 1. The summed E-state index contributed by atoms with van der Waals surface area (Å²) in [4.78, 5) is 23.1. The van der Waals surface area contributed by atoms with Gasteiger partial charge in [0.1, 0.15) is 6.07 Å². The van der Waals surface area contributed by atoms with Gasteiger partial charge < -0.3 is 18.6 Å². The first kappa shape index (κ1) is 17.1. The molecule has 28 heavy (non-hydrogen) atoms. The van der Waals surface area contributed by atoms with Crippen LogP contribution in [0.1, 0.15) is 32.2 Å². The number of fused-ring (bicyclic) bond motifs is 1. The average Bonchev–Trinajstić information content (AvgIpc) is 3.50. The van der Waals surface area contributed by atoms with E-state index in [0.29, 0.717) is 43.7 Å². The quantitative estimate of drug-likeness (QED) is 0.677. The minimum Gasteiger partial charge on any atom is -0.459 e. The monoisotopic (exact) mass is 394 g/mol. The minimum atomic E-state index is 0.105. The van der Waals surface area contributed by atoms with Crippen LogP contribution in [0.4, 0.5) is 5.88 Å². The Labute approximate surface area is 165 Å². The van der Waals surface area contributed by atoms with Gasteiger partial charge in [-0.15, -0.1) is 11.3 Å². The van der Waals surface area contributed by atoms with Crippen LogP contribution in [0, 0.1) is 11.3 Å². The Morgan fingerprint density at radius 2 is 2.11 bits per heavy atom. The van der Waals surface area contributed by atoms with Crippen LogP contribution >= 0.6 is 11.3 Å². The molecule has 8 heteroatoms. The first-order valence-electron chi connectivity index (χ1n) is 9.33. The van der Waals surface area contributed by atoms with Gasteiger partial charge >= 0.3 is 0 Å². The molecule has 1 amide bonds. The van der Waals surface area contributed by atoms with Crippen LogP contribution in [0.3, 0.4) is 0 Å². The molecule has 5 rings (SSSR count). The van der Waals surface area contributed by atoms with Gasteiger partial charge in [-0.05, 0) is 43.0 Å². The molecule has 3 aromatic rings. The van der Waals surface area contributed by atoms with Crippen LogP contribution in [-0.2, 0) is 12.8 Å². The largest absolute Gasteiger partial charge is 0.459 e. The summed E-state index contributed by atoms with van der Waals surface area (Å²) in [6.07, 6.45) is 4.93. The van der Waals surface area contributed by atoms with Gasteiger partial charge in [0.2, 0.25) is 11.6 Å². The third-order valence-corrected chi connectivity index (χ3v) is 6.48. The van der Waals surface area contributed by atoms with Gasteiger partial charge in [0, 0.05) is 31.1 Å². The normalized spacial score (nSPS) is 16.2. The smallest absolute Gasteiger partial charge is 0.266 e. The van der Waals surface area contributed by atoms with Crippen LogP contribution < -0.4 is 4.90 Å². The number of nitrogens with zero attached hydrogens (tertiary/aromatic N) is 4. The first-order valence-corrected chi connectivity index (χ1v) is 10.1. The summed E-state index contributed by atoms with van der Waals surface area (Å²) >= 11 is 1.64. The number of rotatable bonds is 3. The second kappa shape index (κ2) is 6.84. The third kappa shape index (κ3) is 2.88. The Morgan fingerprint density at radius 1 is 1.25 bits per heavy atom. The van der Waals surface area contributed by atoms with Crippen LogP contribution in [-0.4, -0.2) is 42.0 Å². The number of carbonyl (C=O) groups is 1. The Kier molecular flexibility index (Phi) is 4.17. The Bertz CT molecular complexity index is 1030. The summed E-state index contributed by atoms with van der Waals surface area (Å²) in [7, 11) is 0. The minimum absolute atomic E-state index is 0.105. The molecule has 142 valence electrons. The second-order valence-corrected chi connectivity index (χ2v) is 8.09. The molecule has 0 bridgehead atoms. The highest BCUT2D eigenvalue weighted by molar-refractivity contribution is 7.14.